The molecule has 3 nitrogen and oxygen atoms in total. The Morgan fingerprint density at radius 3 is 2.57 bits per heavy atom. The number of hydrogen-bond donors (Lipinski definition) is 0. The highest BCUT2D eigenvalue weighted by Crippen LogP contribution is 2.39. The summed E-state index contributed by atoms with van der Waals surface area (Å²) in [6.07, 6.45) is 0.566. The fraction of sp³-hybridized carbons (Fsp3) is 0.167. The van der Waals surface area contributed by atoms with Crippen LogP contribution in [-0.2, 0) is 13.5 Å². The Balaban J connectivity index is 1.91. The highest BCUT2D eigenvalue weighted by atomic mass is 16.5. The molecule has 1 aliphatic heterocycles. The van der Waals surface area contributed by atoms with E-state index in [1.807, 2.05) is 61.6 Å². The van der Waals surface area contributed by atoms with Gasteiger partial charge in [-0.3, -0.25) is 4.79 Å². The second-order valence-corrected chi connectivity index (χ2v) is 5.41. The zero-order valence-corrected chi connectivity index (χ0v) is 11.7. The SMILES string of the molecule is Cn1c(=O)c2c(c3ccccc31)OC(c1ccccc1)C2. The van der Waals surface area contributed by atoms with Crippen molar-refractivity contribution in [2.75, 3.05) is 0 Å². The first-order valence-corrected chi connectivity index (χ1v) is 7.08. The smallest absolute Gasteiger partial charge is 0.257 e. The average molecular weight is 277 g/mol. The fourth-order valence-electron chi connectivity index (χ4n) is 3.07. The molecule has 2 aromatic carbocycles. The van der Waals surface area contributed by atoms with Gasteiger partial charge in [-0.2, -0.15) is 0 Å². The van der Waals surface area contributed by atoms with Crippen molar-refractivity contribution in [1.82, 2.24) is 4.57 Å². The Kier molecular flexibility index (Phi) is 2.61. The van der Waals surface area contributed by atoms with E-state index in [1.165, 1.54) is 0 Å². The van der Waals surface area contributed by atoms with Crippen molar-refractivity contribution in [3.63, 3.8) is 0 Å². The van der Waals surface area contributed by atoms with E-state index in [1.54, 1.807) is 4.57 Å². The predicted molar refractivity (Wildman–Crippen MR) is 82.7 cm³/mol. The van der Waals surface area contributed by atoms with Crippen molar-refractivity contribution >= 4 is 10.9 Å². The number of pyridine rings is 1. The van der Waals surface area contributed by atoms with Gasteiger partial charge >= 0.3 is 0 Å². The summed E-state index contributed by atoms with van der Waals surface area (Å²) in [5.41, 5.74) is 2.85. The van der Waals surface area contributed by atoms with Crippen molar-refractivity contribution in [1.29, 1.82) is 0 Å². The van der Waals surface area contributed by atoms with Gasteiger partial charge in [0.05, 0.1) is 11.1 Å². The summed E-state index contributed by atoms with van der Waals surface area (Å²) in [7, 11) is 1.82. The molecular formula is C18H15NO2. The Morgan fingerprint density at radius 2 is 1.76 bits per heavy atom. The van der Waals surface area contributed by atoms with Crippen LogP contribution in [0, 0.1) is 0 Å². The van der Waals surface area contributed by atoms with E-state index < -0.39 is 0 Å². The molecule has 104 valence electrons. The van der Waals surface area contributed by atoms with E-state index >= 15 is 0 Å². The van der Waals surface area contributed by atoms with Gasteiger partial charge in [-0.05, 0) is 17.7 Å². The Hall–Kier alpha value is -2.55. The van der Waals surface area contributed by atoms with Gasteiger partial charge in [0.15, 0.2) is 0 Å². The molecule has 0 spiro atoms. The maximum Gasteiger partial charge on any atom is 0.257 e. The van der Waals surface area contributed by atoms with E-state index in [0.29, 0.717) is 6.42 Å². The van der Waals surface area contributed by atoms with Crippen LogP contribution in [0.3, 0.4) is 0 Å². The van der Waals surface area contributed by atoms with Crippen LogP contribution in [0.25, 0.3) is 10.9 Å². The van der Waals surface area contributed by atoms with Crippen LogP contribution in [0.1, 0.15) is 17.2 Å². The first-order valence-electron chi connectivity index (χ1n) is 7.08. The maximum atomic E-state index is 12.5. The van der Waals surface area contributed by atoms with Crippen molar-refractivity contribution in [3.8, 4) is 5.75 Å². The molecule has 0 fully saturated rings. The lowest BCUT2D eigenvalue weighted by Gasteiger charge is -2.12. The van der Waals surface area contributed by atoms with Gasteiger partial charge in [0.25, 0.3) is 5.56 Å². The van der Waals surface area contributed by atoms with E-state index in [4.69, 9.17) is 4.74 Å². The molecule has 2 heterocycles. The summed E-state index contributed by atoms with van der Waals surface area (Å²) in [5, 5.41) is 1.01. The second-order valence-electron chi connectivity index (χ2n) is 5.41. The number of aromatic nitrogens is 1. The molecule has 1 unspecified atom stereocenters. The van der Waals surface area contributed by atoms with Gasteiger partial charge in [-0.1, -0.05) is 42.5 Å². The maximum absolute atomic E-state index is 12.5. The van der Waals surface area contributed by atoms with Crippen molar-refractivity contribution in [3.05, 3.63) is 76.1 Å². The molecule has 1 aromatic heterocycles. The third-order valence-electron chi connectivity index (χ3n) is 4.17. The Morgan fingerprint density at radius 1 is 1.05 bits per heavy atom. The van der Waals surface area contributed by atoms with Crippen molar-refractivity contribution in [2.24, 2.45) is 7.05 Å². The molecule has 21 heavy (non-hydrogen) atoms. The largest absolute Gasteiger partial charge is 0.484 e. The van der Waals surface area contributed by atoms with Crippen molar-refractivity contribution in [2.45, 2.75) is 12.5 Å². The fourth-order valence-corrected chi connectivity index (χ4v) is 3.07. The van der Waals surface area contributed by atoms with Gasteiger partial charge in [0.2, 0.25) is 0 Å². The predicted octanol–water partition coefficient (Wildman–Crippen LogP) is 3.21. The third kappa shape index (κ3) is 1.77. The summed E-state index contributed by atoms with van der Waals surface area (Å²) in [6.45, 7) is 0. The van der Waals surface area contributed by atoms with Gasteiger partial charge in [-0.15, -0.1) is 0 Å². The lowest BCUT2D eigenvalue weighted by Crippen LogP contribution is -2.20. The highest BCUT2D eigenvalue weighted by Gasteiger charge is 2.29. The minimum absolute atomic E-state index is 0.0436. The van der Waals surface area contributed by atoms with E-state index in [-0.39, 0.29) is 11.7 Å². The van der Waals surface area contributed by atoms with E-state index in [2.05, 4.69) is 0 Å². The summed E-state index contributed by atoms with van der Waals surface area (Å²) in [5.74, 6) is 0.752. The third-order valence-corrected chi connectivity index (χ3v) is 4.17. The van der Waals surface area contributed by atoms with Crippen LogP contribution >= 0.6 is 0 Å². The second kappa shape index (κ2) is 4.48. The molecule has 4 rings (SSSR count). The van der Waals surface area contributed by atoms with Gasteiger partial charge in [0, 0.05) is 18.9 Å². The van der Waals surface area contributed by atoms with E-state index in [0.717, 1.165) is 27.8 Å². The first kappa shape index (κ1) is 12.2. The number of fused-ring (bicyclic) bond motifs is 3. The molecule has 1 atom stereocenters. The Bertz CT molecular complexity index is 881. The minimum atomic E-state index is -0.0697. The van der Waals surface area contributed by atoms with Crippen LogP contribution in [0.2, 0.25) is 0 Å². The lowest BCUT2D eigenvalue weighted by molar-refractivity contribution is 0.241. The van der Waals surface area contributed by atoms with Crippen LogP contribution in [0.5, 0.6) is 5.75 Å². The van der Waals surface area contributed by atoms with Crippen LogP contribution < -0.4 is 10.3 Å². The highest BCUT2D eigenvalue weighted by molar-refractivity contribution is 5.87. The topological polar surface area (TPSA) is 31.2 Å². The minimum Gasteiger partial charge on any atom is -0.484 e. The summed E-state index contributed by atoms with van der Waals surface area (Å²) >= 11 is 0. The Labute approximate surface area is 122 Å². The molecule has 0 radical (unpaired) electrons. The number of ether oxygens (including phenoxy) is 1. The number of aryl methyl sites for hydroxylation is 1. The monoisotopic (exact) mass is 277 g/mol. The van der Waals surface area contributed by atoms with Crippen LogP contribution in [-0.4, -0.2) is 4.57 Å². The average Bonchev–Trinajstić information content (AvgIpc) is 2.99. The van der Waals surface area contributed by atoms with Gasteiger partial charge in [-0.25, -0.2) is 0 Å². The first-order chi connectivity index (χ1) is 10.3. The zero-order valence-electron chi connectivity index (χ0n) is 11.7. The van der Waals surface area contributed by atoms with Crippen molar-refractivity contribution < 1.29 is 4.74 Å². The molecule has 3 heteroatoms. The van der Waals surface area contributed by atoms with E-state index in [9.17, 15) is 4.79 Å². The molecule has 0 N–H and O–H groups in total. The molecular weight excluding hydrogens is 262 g/mol. The molecule has 0 amide bonds. The van der Waals surface area contributed by atoms with Gasteiger partial charge < -0.3 is 9.30 Å². The molecule has 0 saturated heterocycles. The number of rotatable bonds is 1. The van der Waals surface area contributed by atoms with Gasteiger partial charge in [0.1, 0.15) is 11.9 Å². The van der Waals surface area contributed by atoms with Crippen LogP contribution in [0.15, 0.2) is 59.4 Å². The lowest BCUT2D eigenvalue weighted by atomic mass is 10.0. The summed E-state index contributed by atoms with van der Waals surface area (Å²) in [6, 6.07) is 18.0. The molecule has 1 aliphatic rings. The quantitative estimate of drug-likeness (QED) is 0.684. The normalized spacial score (nSPS) is 16.7. The van der Waals surface area contributed by atoms with Crippen LogP contribution in [0.4, 0.5) is 0 Å². The summed E-state index contributed by atoms with van der Waals surface area (Å²) in [4.78, 5) is 12.5. The summed E-state index contributed by atoms with van der Waals surface area (Å²) < 4.78 is 7.84. The zero-order chi connectivity index (χ0) is 14.4. The standard InChI is InChI=1S/C18H15NO2/c1-19-15-10-6-5-9-13(15)17-14(18(19)20)11-16(21-17)12-7-3-2-4-8-12/h2-10,16H,11H2,1H3. The molecule has 3 aromatic rings. The molecule has 0 saturated carbocycles. The molecule has 0 aliphatic carbocycles. The molecule has 0 bridgehead atoms. The number of benzene rings is 2. The number of hydrogen-bond acceptors (Lipinski definition) is 2. The number of nitrogens with zero attached hydrogens (tertiary/aromatic N) is 1. The number of para-hydroxylation sites is 1.